The molecular weight excluding hydrogens is 366 g/mol. The highest BCUT2D eigenvalue weighted by molar-refractivity contribution is 5.91. The van der Waals surface area contributed by atoms with Gasteiger partial charge in [0, 0.05) is 31.7 Å². The van der Waals surface area contributed by atoms with Crippen molar-refractivity contribution in [2.45, 2.75) is 32.7 Å². The molecule has 29 heavy (non-hydrogen) atoms. The van der Waals surface area contributed by atoms with Gasteiger partial charge in [-0.15, -0.1) is 5.10 Å². The molecule has 0 bridgehead atoms. The van der Waals surface area contributed by atoms with Crippen molar-refractivity contribution in [3.8, 4) is 5.75 Å². The van der Waals surface area contributed by atoms with E-state index in [9.17, 15) is 4.79 Å². The number of aromatic nitrogens is 3. The van der Waals surface area contributed by atoms with E-state index < -0.39 is 0 Å². The number of amides is 1. The Morgan fingerprint density at radius 1 is 1.31 bits per heavy atom. The van der Waals surface area contributed by atoms with Crippen molar-refractivity contribution in [2.75, 3.05) is 33.3 Å². The topological polar surface area (TPSA) is 72.3 Å². The second kappa shape index (κ2) is 10.2. The number of nitrogens with one attached hydrogen (secondary N) is 1. The number of benzene rings is 1. The molecule has 2 heterocycles. The average Bonchev–Trinajstić information content (AvgIpc) is 3.23. The van der Waals surface area contributed by atoms with E-state index in [4.69, 9.17) is 4.74 Å². The summed E-state index contributed by atoms with van der Waals surface area (Å²) in [5, 5.41) is 11.1. The molecule has 0 atom stereocenters. The van der Waals surface area contributed by atoms with Gasteiger partial charge in [-0.1, -0.05) is 49.4 Å². The van der Waals surface area contributed by atoms with Crippen molar-refractivity contribution in [3.05, 3.63) is 47.8 Å². The summed E-state index contributed by atoms with van der Waals surface area (Å²) in [5.41, 5.74) is 1.49. The molecule has 7 nitrogen and oxygen atoms in total. The number of hydrogen-bond donors (Lipinski definition) is 1. The molecule has 1 saturated heterocycles. The molecule has 1 aliphatic heterocycles. The van der Waals surface area contributed by atoms with Gasteiger partial charge in [-0.05, 0) is 24.8 Å². The number of likely N-dealkylation sites (tertiary alicyclic amines) is 1. The van der Waals surface area contributed by atoms with Crippen molar-refractivity contribution < 1.29 is 9.53 Å². The zero-order valence-corrected chi connectivity index (χ0v) is 17.5. The van der Waals surface area contributed by atoms with Crippen molar-refractivity contribution in [2.24, 2.45) is 5.92 Å². The lowest BCUT2D eigenvalue weighted by Crippen LogP contribution is -2.34. The molecule has 1 amide bonds. The molecule has 0 radical (unpaired) electrons. The Morgan fingerprint density at radius 3 is 2.79 bits per heavy atom. The lowest BCUT2D eigenvalue weighted by molar-refractivity contribution is 0.0944. The fourth-order valence-electron chi connectivity index (χ4n) is 3.45. The third kappa shape index (κ3) is 5.90. The van der Waals surface area contributed by atoms with Crippen LogP contribution >= 0.6 is 0 Å². The predicted octanol–water partition coefficient (Wildman–Crippen LogP) is 3.02. The fourth-order valence-corrected chi connectivity index (χ4v) is 3.45. The zero-order valence-electron chi connectivity index (χ0n) is 17.5. The summed E-state index contributed by atoms with van der Waals surface area (Å²) in [5.74, 6) is 1.15. The maximum Gasteiger partial charge on any atom is 0.273 e. The molecular formula is C22H31N5O2. The Kier molecular flexibility index (Phi) is 7.41. The molecule has 156 valence electrons. The number of ether oxygens (including phenoxy) is 1. The van der Waals surface area contributed by atoms with Crippen LogP contribution in [0, 0.1) is 5.92 Å². The molecule has 1 aliphatic rings. The van der Waals surface area contributed by atoms with Gasteiger partial charge >= 0.3 is 0 Å². The smallest absolute Gasteiger partial charge is 0.273 e. The van der Waals surface area contributed by atoms with Gasteiger partial charge in [-0.25, -0.2) is 4.68 Å². The summed E-state index contributed by atoms with van der Waals surface area (Å²) in [6.45, 7) is 7.68. The molecule has 0 unspecified atom stereocenters. The van der Waals surface area contributed by atoms with Crippen LogP contribution in [0.5, 0.6) is 5.75 Å². The monoisotopic (exact) mass is 397 g/mol. The Labute approximate surface area is 172 Å². The molecule has 0 saturated carbocycles. The Morgan fingerprint density at radius 2 is 2.07 bits per heavy atom. The van der Waals surface area contributed by atoms with Gasteiger partial charge in [0.15, 0.2) is 5.69 Å². The highest BCUT2D eigenvalue weighted by Crippen LogP contribution is 2.22. The van der Waals surface area contributed by atoms with Gasteiger partial charge in [0.2, 0.25) is 0 Å². The number of methoxy groups -OCH3 is 1. The molecule has 1 fully saturated rings. The summed E-state index contributed by atoms with van der Waals surface area (Å²) >= 11 is 0. The molecule has 3 rings (SSSR count). The molecule has 7 heteroatoms. The first-order valence-electron chi connectivity index (χ1n) is 10.3. The standard InChI is InChI=1S/C22H31N5O2/c1-17(2)15-23-22(28)20-16-27(25-24-20)19-10-13-26(14-11-19)12-6-8-18-7-4-5-9-21(18)29-3/h4-9,16-17,19H,10-15H2,1-3H3,(H,23,28). The first-order valence-corrected chi connectivity index (χ1v) is 10.3. The van der Waals surface area contributed by atoms with Gasteiger partial charge in [0.1, 0.15) is 5.75 Å². The Balaban J connectivity index is 1.47. The molecule has 1 N–H and O–H groups in total. The average molecular weight is 398 g/mol. The Bertz CT molecular complexity index is 822. The van der Waals surface area contributed by atoms with Crippen LogP contribution in [0.4, 0.5) is 0 Å². The van der Waals surface area contributed by atoms with Gasteiger partial charge in [0.05, 0.1) is 19.3 Å². The van der Waals surface area contributed by atoms with E-state index in [1.165, 1.54) is 0 Å². The largest absolute Gasteiger partial charge is 0.496 e. The van der Waals surface area contributed by atoms with Gasteiger partial charge in [-0.3, -0.25) is 9.69 Å². The van der Waals surface area contributed by atoms with Crippen LogP contribution in [0.25, 0.3) is 6.08 Å². The summed E-state index contributed by atoms with van der Waals surface area (Å²) in [6.07, 6.45) is 8.07. The lowest BCUT2D eigenvalue weighted by Gasteiger charge is -2.30. The fraction of sp³-hybridized carbons (Fsp3) is 0.500. The summed E-state index contributed by atoms with van der Waals surface area (Å²) in [7, 11) is 1.70. The van der Waals surface area contributed by atoms with Crippen LogP contribution in [0.15, 0.2) is 36.5 Å². The molecule has 0 spiro atoms. The van der Waals surface area contributed by atoms with Crippen LogP contribution in [0.3, 0.4) is 0 Å². The number of para-hydroxylation sites is 1. The minimum absolute atomic E-state index is 0.149. The van der Waals surface area contributed by atoms with Crippen molar-refractivity contribution in [3.63, 3.8) is 0 Å². The highest BCUT2D eigenvalue weighted by Gasteiger charge is 2.22. The van der Waals surface area contributed by atoms with Crippen molar-refractivity contribution >= 4 is 12.0 Å². The van der Waals surface area contributed by atoms with Crippen LogP contribution < -0.4 is 10.1 Å². The van der Waals surface area contributed by atoms with Gasteiger partial charge in [0.25, 0.3) is 5.91 Å². The third-order valence-electron chi connectivity index (χ3n) is 5.14. The molecule has 2 aromatic rings. The maximum absolute atomic E-state index is 12.1. The van der Waals surface area contributed by atoms with Crippen molar-refractivity contribution in [1.29, 1.82) is 0 Å². The van der Waals surface area contributed by atoms with Crippen LogP contribution in [0.2, 0.25) is 0 Å². The molecule has 0 aliphatic carbocycles. The second-order valence-corrected chi connectivity index (χ2v) is 7.86. The number of carbonyl (C=O) groups excluding carboxylic acids is 1. The second-order valence-electron chi connectivity index (χ2n) is 7.86. The molecule has 1 aromatic heterocycles. The minimum atomic E-state index is -0.149. The van der Waals surface area contributed by atoms with Crippen LogP contribution in [-0.2, 0) is 0 Å². The predicted molar refractivity (Wildman–Crippen MR) is 114 cm³/mol. The van der Waals surface area contributed by atoms with E-state index >= 15 is 0 Å². The number of carbonyl (C=O) groups is 1. The highest BCUT2D eigenvalue weighted by atomic mass is 16.5. The first kappa shape index (κ1) is 21.0. The SMILES string of the molecule is COc1ccccc1C=CCN1CCC(n2cc(C(=O)NCC(C)C)nn2)CC1. The third-order valence-corrected chi connectivity index (χ3v) is 5.14. The van der Waals surface area contributed by atoms with Crippen LogP contribution in [-0.4, -0.2) is 59.1 Å². The van der Waals surface area contributed by atoms with E-state index in [1.54, 1.807) is 13.3 Å². The maximum atomic E-state index is 12.1. The number of rotatable bonds is 8. The van der Waals surface area contributed by atoms with E-state index in [0.29, 0.717) is 24.2 Å². The quantitative estimate of drug-likeness (QED) is 0.741. The van der Waals surface area contributed by atoms with E-state index in [1.807, 2.05) is 22.9 Å². The minimum Gasteiger partial charge on any atom is -0.496 e. The Hall–Kier alpha value is -2.67. The normalized spacial score (nSPS) is 15.9. The number of hydrogen-bond acceptors (Lipinski definition) is 5. The number of nitrogens with zero attached hydrogens (tertiary/aromatic N) is 4. The molecule has 1 aromatic carbocycles. The zero-order chi connectivity index (χ0) is 20.6. The van der Waals surface area contributed by atoms with E-state index in [2.05, 4.69) is 52.6 Å². The summed E-state index contributed by atoms with van der Waals surface area (Å²) in [6, 6.07) is 8.32. The summed E-state index contributed by atoms with van der Waals surface area (Å²) in [4.78, 5) is 14.6. The number of piperidine rings is 1. The van der Waals surface area contributed by atoms with E-state index in [0.717, 1.165) is 43.8 Å². The summed E-state index contributed by atoms with van der Waals surface area (Å²) < 4.78 is 7.24. The van der Waals surface area contributed by atoms with Gasteiger partial charge in [-0.2, -0.15) is 0 Å². The van der Waals surface area contributed by atoms with E-state index in [-0.39, 0.29) is 5.91 Å². The lowest BCUT2D eigenvalue weighted by atomic mass is 10.1. The van der Waals surface area contributed by atoms with Crippen LogP contribution in [0.1, 0.15) is 48.8 Å². The first-order chi connectivity index (χ1) is 14.1. The van der Waals surface area contributed by atoms with Crippen molar-refractivity contribution in [1.82, 2.24) is 25.2 Å². The van der Waals surface area contributed by atoms with Gasteiger partial charge < -0.3 is 10.1 Å².